The van der Waals surface area contributed by atoms with Crippen LogP contribution in [-0.4, -0.2) is 36.1 Å². The van der Waals surface area contributed by atoms with Crippen LogP contribution in [0.3, 0.4) is 0 Å². The molecular formula is C20H21NO2. The van der Waals surface area contributed by atoms with Crippen molar-refractivity contribution in [3.8, 4) is 11.1 Å². The molecule has 2 aliphatic rings. The summed E-state index contributed by atoms with van der Waals surface area (Å²) >= 11 is 0. The smallest absolute Gasteiger partial charge is 0.227 e. The van der Waals surface area contributed by atoms with Gasteiger partial charge in [0.1, 0.15) is 0 Å². The Bertz CT molecular complexity index is 665. The first-order chi connectivity index (χ1) is 11.3. The second-order valence-electron chi connectivity index (χ2n) is 6.46. The summed E-state index contributed by atoms with van der Waals surface area (Å²) in [5, 5.41) is 0. The van der Waals surface area contributed by atoms with E-state index in [2.05, 4.69) is 41.3 Å². The number of benzene rings is 2. The molecule has 2 aromatic carbocycles. The summed E-state index contributed by atoms with van der Waals surface area (Å²) in [6.45, 7) is 1.41. The topological polar surface area (TPSA) is 29.5 Å². The first-order valence-electron chi connectivity index (χ1n) is 8.34. The van der Waals surface area contributed by atoms with Gasteiger partial charge in [0.15, 0.2) is 0 Å². The molecular weight excluding hydrogens is 286 g/mol. The molecule has 2 fully saturated rings. The number of carbonyl (C=O) groups is 1. The SMILES string of the molecule is O=C(Cc1ccc(-c2ccccc2)cc1)N1[C@H]2CC[C@H]1COC2. The Labute approximate surface area is 136 Å². The number of amides is 1. The van der Waals surface area contributed by atoms with Gasteiger partial charge in [-0.25, -0.2) is 0 Å². The summed E-state index contributed by atoms with van der Waals surface area (Å²) in [7, 11) is 0. The van der Waals surface area contributed by atoms with E-state index in [-0.39, 0.29) is 5.91 Å². The molecule has 0 N–H and O–H groups in total. The van der Waals surface area contributed by atoms with Gasteiger partial charge in [-0.3, -0.25) is 4.79 Å². The van der Waals surface area contributed by atoms with Crippen molar-refractivity contribution in [2.24, 2.45) is 0 Å². The van der Waals surface area contributed by atoms with Crippen molar-refractivity contribution in [2.75, 3.05) is 13.2 Å². The molecule has 0 spiro atoms. The Morgan fingerprint density at radius 2 is 1.52 bits per heavy atom. The van der Waals surface area contributed by atoms with Crippen LogP contribution in [0.25, 0.3) is 11.1 Å². The highest BCUT2D eigenvalue weighted by atomic mass is 16.5. The number of hydrogen-bond donors (Lipinski definition) is 0. The van der Waals surface area contributed by atoms with Crippen LogP contribution in [0.5, 0.6) is 0 Å². The molecule has 2 saturated heterocycles. The Morgan fingerprint density at radius 3 is 2.17 bits per heavy atom. The van der Waals surface area contributed by atoms with E-state index in [9.17, 15) is 4.79 Å². The van der Waals surface area contributed by atoms with E-state index < -0.39 is 0 Å². The van der Waals surface area contributed by atoms with Crippen LogP contribution in [0.15, 0.2) is 54.6 Å². The molecule has 0 saturated carbocycles. The molecule has 4 rings (SSSR count). The lowest BCUT2D eigenvalue weighted by atomic mass is 10.0. The van der Waals surface area contributed by atoms with Gasteiger partial charge in [0.2, 0.25) is 5.91 Å². The zero-order chi connectivity index (χ0) is 15.6. The van der Waals surface area contributed by atoms with Gasteiger partial charge >= 0.3 is 0 Å². The molecule has 0 aromatic heterocycles. The van der Waals surface area contributed by atoms with Gasteiger partial charge in [-0.05, 0) is 29.5 Å². The predicted molar refractivity (Wildman–Crippen MR) is 90.1 cm³/mol. The number of carbonyl (C=O) groups excluding carboxylic acids is 1. The van der Waals surface area contributed by atoms with Crippen molar-refractivity contribution >= 4 is 5.91 Å². The number of rotatable bonds is 3. The van der Waals surface area contributed by atoms with Crippen molar-refractivity contribution in [1.29, 1.82) is 0 Å². The van der Waals surface area contributed by atoms with E-state index in [4.69, 9.17) is 4.74 Å². The Kier molecular flexibility index (Phi) is 3.88. The summed E-state index contributed by atoms with van der Waals surface area (Å²) < 4.78 is 5.56. The average Bonchev–Trinajstić information content (AvgIpc) is 2.86. The zero-order valence-corrected chi connectivity index (χ0v) is 13.2. The summed E-state index contributed by atoms with van der Waals surface area (Å²) in [6.07, 6.45) is 2.66. The molecule has 3 heteroatoms. The van der Waals surface area contributed by atoms with Crippen molar-refractivity contribution < 1.29 is 9.53 Å². The van der Waals surface area contributed by atoms with E-state index in [0.29, 0.717) is 31.7 Å². The number of ether oxygens (including phenoxy) is 1. The van der Waals surface area contributed by atoms with Gasteiger partial charge in [0.05, 0.1) is 31.7 Å². The first kappa shape index (κ1) is 14.5. The minimum absolute atomic E-state index is 0.244. The third-order valence-electron chi connectivity index (χ3n) is 4.94. The quantitative estimate of drug-likeness (QED) is 0.871. The monoisotopic (exact) mass is 307 g/mol. The normalized spacial score (nSPS) is 23.0. The van der Waals surface area contributed by atoms with E-state index >= 15 is 0 Å². The van der Waals surface area contributed by atoms with Crippen LogP contribution in [0, 0.1) is 0 Å². The van der Waals surface area contributed by atoms with Gasteiger partial charge in [0, 0.05) is 0 Å². The lowest BCUT2D eigenvalue weighted by Crippen LogP contribution is -2.49. The van der Waals surface area contributed by atoms with Gasteiger partial charge in [-0.15, -0.1) is 0 Å². The van der Waals surface area contributed by atoms with Crippen molar-refractivity contribution in [3.63, 3.8) is 0 Å². The fraction of sp³-hybridized carbons (Fsp3) is 0.350. The highest BCUT2D eigenvalue weighted by Gasteiger charge is 2.39. The van der Waals surface area contributed by atoms with Crippen molar-refractivity contribution in [2.45, 2.75) is 31.3 Å². The second kappa shape index (κ2) is 6.17. The third kappa shape index (κ3) is 2.89. The lowest BCUT2D eigenvalue weighted by Gasteiger charge is -2.34. The fourth-order valence-corrected chi connectivity index (χ4v) is 3.75. The second-order valence-corrected chi connectivity index (χ2v) is 6.46. The average molecular weight is 307 g/mol. The molecule has 0 radical (unpaired) electrons. The maximum atomic E-state index is 12.7. The molecule has 2 bridgehead atoms. The molecule has 0 unspecified atom stereocenters. The Hall–Kier alpha value is -2.13. The number of nitrogens with zero attached hydrogens (tertiary/aromatic N) is 1. The minimum atomic E-state index is 0.244. The van der Waals surface area contributed by atoms with Crippen molar-refractivity contribution in [1.82, 2.24) is 4.90 Å². The molecule has 0 aliphatic carbocycles. The molecule has 3 nitrogen and oxygen atoms in total. The molecule has 23 heavy (non-hydrogen) atoms. The number of morpholine rings is 1. The van der Waals surface area contributed by atoms with E-state index in [1.807, 2.05) is 18.2 Å². The largest absolute Gasteiger partial charge is 0.377 e. The highest BCUT2D eigenvalue weighted by molar-refractivity contribution is 5.80. The van der Waals surface area contributed by atoms with Crippen molar-refractivity contribution in [3.05, 3.63) is 60.2 Å². The number of fused-ring (bicyclic) bond motifs is 2. The lowest BCUT2D eigenvalue weighted by molar-refractivity contribution is -0.140. The molecule has 2 aliphatic heterocycles. The van der Waals surface area contributed by atoms with Gasteiger partial charge in [0.25, 0.3) is 0 Å². The number of hydrogen-bond acceptors (Lipinski definition) is 2. The van der Waals surface area contributed by atoms with E-state index in [0.717, 1.165) is 18.4 Å². The van der Waals surface area contributed by atoms with Gasteiger partial charge < -0.3 is 9.64 Å². The predicted octanol–water partition coefficient (Wildman–Crippen LogP) is 3.29. The standard InChI is InChI=1S/C20H21NO2/c22-20(21-18-10-11-19(21)14-23-13-18)12-15-6-8-17(9-7-15)16-4-2-1-3-5-16/h1-9,18-19H,10-14H2/t18-,19-/m0/s1. The van der Waals surface area contributed by atoms with Gasteiger partial charge in [-0.2, -0.15) is 0 Å². The first-order valence-corrected chi connectivity index (χ1v) is 8.34. The summed E-state index contributed by atoms with van der Waals surface area (Å²) in [5.74, 6) is 0.244. The van der Waals surface area contributed by atoms with Crippen LogP contribution in [-0.2, 0) is 16.0 Å². The maximum absolute atomic E-state index is 12.7. The highest BCUT2D eigenvalue weighted by Crippen LogP contribution is 2.29. The summed E-state index contributed by atoms with van der Waals surface area (Å²) in [5.41, 5.74) is 3.48. The Morgan fingerprint density at radius 1 is 0.913 bits per heavy atom. The third-order valence-corrected chi connectivity index (χ3v) is 4.94. The summed E-state index contributed by atoms with van der Waals surface area (Å²) in [6, 6.07) is 19.3. The van der Waals surface area contributed by atoms with Crippen LogP contribution in [0.2, 0.25) is 0 Å². The maximum Gasteiger partial charge on any atom is 0.227 e. The molecule has 2 heterocycles. The van der Waals surface area contributed by atoms with Crippen LogP contribution >= 0.6 is 0 Å². The molecule has 118 valence electrons. The van der Waals surface area contributed by atoms with Crippen LogP contribution < -0.4 is 0 Å². The van der Waals surface area contributed by atoms with Gasteiger partial charge in [-0.1, -0.05) is 54.6 Å². The molecule has 2 aromatic rings. The zero-order valence-electron chi connectivity index (χ0n) is 13.2. The van der Waals surface area contributed by atoms with E-state index in [1.54, 1.807) is 0 Å². The Balaban J connectivity index is 1.46. The minimum Gasteiger partial charge on any atom is -0.377 e. The summed E-state index contributed by atoms with van der Waals surface area (Å²) in [4.78, 5) is 14.7. The van der Waals surface area contributed by atoms with Crippen LogP contribution in [0.1, 0.15) is 18.4 Å². The fourth-order valence-electron chi connectivity index (χ4n) is 3.75. The molecule has 1 amide bonds. The van der Waals surface area contributed by atoms with E-state index in [1.165, 1.54) is 11.1 Å². The molecule has 2 atom stereocenters. The van der Waals surface area contributed by atoms with Crippen LogP contribution in [0.4, 0.5) is 0 Å².